The van der Waals surface area contributed by atoms with Crippen molar-refractivity contribution in [3.05, 3.63) is 30.1 Å². The highest BCUT2D eigenvalue weighted by Crippen LogP contribution is 2.41. The van der Waals surface area contributed by atoms with Crippen LogP contribution in [0.3, 0.4) is 0 Å². The molecule has 0 saturated carbocycles. The molecule has 0 N–H and O–H groups in total. The van der Waals surface area contributed by atoms with Gasteiger partial charge in [-0.3, -0.25) is 0 Å². The summed E-state index contributed by atoms with van der Waals surface area (Å²) in [7, 11) is 2.26. The molecule has 0 amide bonds. The van der Waals surface area contributed by atoms with Gasteiger partial charge in [0.05, 0.1) is 0 Å². The van der Waals surface area contributed by atoms with Gasteiger partial charge < -0.3 is 4.90 Å². The minimum absolute atomic E-state index is 0.141. The Kier molecular flexibility index (Phi) is 3.14. The Labute approximate surface area is 106 Å². The summed E-state index contributed by atoms with van der Waals surface area (Å²) in [6, 6.07) is 8.50. The van der Waals surface area contributed by atoms with Crippen LogP contribution in [-0.4, -0.2) is 29.3 Å². The van der Waals surface area contributed by atoms with Crippen molar-refractivity contribution in [1.82, 2.24) is 4.90 Å². The maximum absolute atomic E-state index is 12.8. The van der Waals surface area contributed by atoms with Crippen LogP contribution in [0, 0.1) is 5.82 Å². The van der Waals surface area contributed by atoms with Gasteiger partial charge >= 0.3 is 0 Å². The zero-order chi connectivity index (χ0) is 11.8. The highest BCUT2D eigenvalue weighted by atomic mass is 32.2. The Bertz CT molecular complexity index is 378. The van der Waals surface area contributed by atoms with Crippen molar-refractivity contribution in [2.75, 3.05) is 7.05 Å². The molecule has 0 radical (unpaired) electrons. The molecule has 17 heavy (non-hydrogen) atoms. The molecule has 2 saturated heterocycles. The van der Waals surface area contributed by atoms with Crippen molar-refractivity contribution in [2.24, 2.45) is 0 Å². The third kappa shape index (κ3) is 2.36. The number of hydrogen-bond donors (Lipinski definition) is 0. The molecule has 0 spiro atoms. The lowest BCUT2D eigenvalue weighted by molar-refractivity contribution is 0.183. The SMILES string of the molecule is CN1C2CCC1CC(Sc1ccc(F)cc1)C2. The lowest BCUT2D eigenvalue weighted by atomic mass is 10.0. The number of nitrogens with zero attached hydrogens (tertiary/aromatic N) is 1. The van der Waals surface area contributed by atoms with Gasteiger partial charge in [-0.2, -0.15) is 0 Å². The minimum Gasteiger partial charge on any atom is -0.300 e. The molecule has 3 rings (SSSR count). The highest BCUT2D eigenvalue weighted by Gasteiger charge is 2.38. The van der Waals surface area contributed by atoms with Gasteiger partial charge in [-0.05, 0) is 57.0 Å². The summed E-state index contributed by atoms with van der Waals surface area (Å²) in [4.78, 5) is 3.77. The van der Waals surface area contributed by atoms with E-state index in [1.54, 1.807) is 12.1 Å². The zero-order valence-corrected chi connectivity index (χ0v) is 10.9. The Morgan fingerprint density at radius 2 is 1.71 bits per heavy atom. The molecule has 2 aliphatic heterocycles. The average molecular weight is 251 g/mol. The molecule has 2 bridgehead atoms. The Hall–Kier alpha value is -0.540. The smallest absolute Gasteiger partial charge is 0.123 e. The predicted octanol–water partition coefficient (Wildman–Crippen LogP) is 3.54. The first-order valence-electron chi connectivity index (χ1n) is 6.36. The average Bonchev–Trinajstić information content (AvgIpc) is 2.55. The number of rotatable bonds is 2. The number of piperidine rings is 1. The largest absolute Gasteiger partial charge is 0.300 e. The topological polar surface area (TPSA) is 3.24 Å². The second kappa shape index (κ2) is 4.62. The van der Waals surface area contributed by atoms with E-state index in [2.05, 4.69) is 11.9 Å². The Balaban J connectivity index is 1.65. The Morgan fingerprint density at radius 3 is 2.29 bits per heavy atom. The molecule has 2 unspecified atom stereocenters. The summed E-state index contributed by atoms with van der Waals surface area (Å²) >= 11 is 1.93. The fourth-order valence-corrected chi connectivity index (χ4v) is 4.48. The van der Waals surface area contributed by atoms with Crippen LogP contribution < -0.4 is 0 Å². The van der Waals surface area contributed by atoms with Gasteiger partial charge in [0.25, 0.3) is 0 Å². The molecule has 2 aliphatic rings. The van der Waals surface area contributed by atoms with E-state index in [0.717, 1.165) is 12.1 Å². The molecular formula is C14H18FNS. The van der Waals surface area contributed by atoms with E-state index in [0.29, 0.717) is 5.25 Å². The molecule has 2 atom stereocenters. The first-order valence-corrected chi connectivity index (χ1v) is 7.24. The summed E-state index contributed by atoms with van der Waals surface area (Å²) in [6.07, 6.45) is 5.30. The number of benzene rings is 1. The number of hydrogen-bond acceptors (Lipinski definition) is 2. The summed E-state index contributed by atoms with van der Waals surface area (Å²) < 4.78 is 12.8. The van der Waals surface area contributed by atoms with Crippen LogP contribution in [-0.2, 0) is 0 Å². The van der Waals surface area contributed by atoms with E-state index in [1.165, 1.54) is 30.6 Å². The number of thioether (sulfide) groups is 1. The van der Waals surface area contributed by atoms with Crippen molar-refractivity contribution in [1.29, 1.82) is 0 Å². The first kappa shape index (κ1) is 11.5. The fraction of sp³-hybridized carbons (Fsp3) is 0.571. The standard InChI is InChI=1S/C14H18FNS/c1-16-11-4-5-12(16)9-14(8-11)17-13-6-2-10(15)3-7-13/h2-3,6-7,11-12,14H,4-5,8-9H2,1H3. The third-order valence-electron chi connectivity index (χ3n) is 4.17. The zero-order valence-electron chi connectivity index (χ0n) is 10.1. The molecule has 2 heterocycles. The molecule has 92 valence electrons. The van der Waals surface area contributed by atoms with Crippen LogP contribution in [0.4, 0.5) is 4.39 Å². The minimum atomic E-state index is -0.141. The second-order valence-electron chi connectivity index (χ2n) is 5.22. The van der Waals surface area contributed by atoms with Crippen LogP contribution in [0.1, 0.15) is 25.7 Å². The van der Waals surface area contributed by atoms with Crippen LogP contribution in [0.5, 0.6) is 0 Å². The van der Waals surface area contributed by atoms with Crippen molar-refractivity contribution in [3.63, 3.8) is 0 Å². The van der Waals surface area contributed by atoms with Crippen molar-refractivity contribution >= 4 is 11.8 Å². The maximum Gasteiger partial charge on any atom is 0.123 e. The molecule has 0 aromatic heterocycles. The first-order chi connectivity index (χ1) is 8.22. The highest BCUT2D eigenvalue weighted by molar-refractivity contribution is 8.00. The van der Waals surface area contributed by atoms with E-state index < -0.39 is 0 Å². The normalized spacial score (nSPS) is 32.9. The predicted molar refractivity (Wildman–Crippen MR) is 69.9 cm³/mol. The van der Waals surface area contributed by atoms with Crippen molar-refractivity contribution in [2.45, 2.75) is 47.9 Å². The van der Waals surface area contributed by atoms with Gasteiger partial charge in [0.15, 0.2) is 0 Å². The van der Waals surface area contributed by atoms with Crippen LogP contribution in [0.2, 0.25) is 0 Å². The monoisotopic (exact) mass is 251 g/mol. The van der Waals surface area contributed by atoms with E-state index in [4.69, 9.17) is 0 Å². The molecule has 0 aliphatic carbocycles. The van der Waals surface area contributed by atoms with Crippen molar-refractivity contribution < 1.29 is 4.39 Å². The van der Waals surface area contributed by atoms with Gasteiger partial charge in [-0.1, -0.05) is 0 Å². The van der Waals surface area contributed by atoms with Gasteiger partial charge in [-0.25, -0.2) is 4.39 Å². The quantitative estimate of drug-likeness (QED) is 0.791. The van der Waals surface area contributed by atoms with E-state index in [-0.39, 0.29) is 5.82 Å². The summed E-state index contributed by atoms with van der Waals surface area (Å²) in [5.41, 5.74) is 0. The lowest BCUT2D eigenvalue weighted by Crippen LogP contribution is -2.40. The Morgan fingerprint density at radius 1 is 1.12 bits per heavy atom. The van der Waals surface area contributed by atoms with Crippen molar-refractivity contribution in [3.8, 4) is 0 Å². The van der Waals surface area contributed by atoms with Gasteiger partial charge in [0.2, 0.25) is 0 Å². The summed E-state index contributed by atoms with van der Waals surface area (Å²) in [5.74, 6) is -0.141. The molecule has 3 heteroatoms. The number of fused-ring (bicyclic) bond motifs is 2. The maximum atomic E-state index is 12.8. The lowest BCUT2D eigenvalue weighted by Gasteiger charge is -2.36. The molecule has 1 aromatic rings. The van der Waals surface area contributed by atoms with Crippen LogP contribution in [0.15, 0.2) is 29.2 Å². The van der Waals surface area contributed by atoms with Crippen LogP contribution in [0.25, 0.3) is 0 Å². The summed E-state index contributed by atoms with van der Waals surface area (Å²) in [5, 5.41) is 0.717. The van der Waals surface area contributed by atoms with Gasteiger partial charge in [0.1, 0.15) is 5.82 Å². The van der Waals surface area contributed by atoms with E-state index >= 15 is 0 Å². The van der Waals surface area contributed by atoms with E-state index in [9.17, 15) is 4.39 Å². The molecule has 2 fully saturated rings. The third-order valence-corrected chi connectivity index (χ3v) is 5.43. The second-order valence-corrected chi connectivity index (χ2v) is 6.59. The molecule has 1 nitrogen and oxygen atoms in total. The number of halogens is 1. The van der Waals surface area contributed by atoms with Gasteiger partial charge in [-0.15, -0.1) is 11.8 Å². The van der Waals surface area contributed by atoms with E-state index in [1.807, 2.05) is 23.9 Å². The summed E-state index contributed by atoms with van der Waals surface area (Å²) in [6.45, 7) is 0. The van der Waals surface area contributed by atoms with Gasteiger partial charge in [0, 0.05) is 22.2 Å². The molecule has 1 aromatic carbocycles. The fourth-order valence-electron chi connectivity index (χ4n) is 3.16. The molecular weight excluding hydrogens is 233 g/mol. The van der Waals surface area contributed by atoms with Crippen LogP contribution >= 0.6 is 11.8 Å².